The minimum absolute atomic E-state index is 0. The maximum atomic E-state index is 12.7. The zero-order valence-electron chi connectivity index (χ0n) is 36.6. The molecule has 0 spiro atoms. The number of carbonyl (C=O) groups is 3. The van der Waals surface area contributed by atoms with E-state index in [2.05, 4.69) is 19.2 Å². The molecule has 1 amide bonds. The lowest BCUT2D eigenvalue weighted by Crippen LogP contribution is -2.30. The highest BCUT2D eigenvalue weighted by atomic mass is 31.2. The van der Waals surface area contributed by atoms with Crippen molar-refractivity contribution >= 4 is 25.9 Å². The second kappa shape index (κ2) is 44.8. The van der Waals surface area contributed by atoms with Crippen molar-refractivity contribution in [3.63, 3.8) is 0 Å². The quantitative estimate of drug-likeness (QED) is 0.0230. The Morgan fingerprint density at radius 3 is 1.31 bits per heavy atom. The lowest BCUT2D eigenvalue weighted by Gasteiger charge is -2.20. The van der Waals surface area contributed by atoms with Gasteiger partial charge in [0.2, 0.25) is 0 Å². The van der Waals surface area contributed by atoms with Crippen molar-refractivity contribution in [3.05, 3.63) is 0 Å². The normalized spacial score (nSPS) is 12.7. The van der Waals surface area contributed by atoms with E-state index in [0.29, 0.717) is 12.8 Å². The maximum absolute atomic E-state index is 12.7. The van der Waals surface area contributed by atoms with Gasteiger partial charge in [-0.15, -0.1) is 0 Å². The summed E-state index contributed by atoms with van der Waals surface area (Å²) in [6, 6.07) is 0. The number of nitrogens with two attached hydrogens (primary N) is 1. The first-order valence-electron chi connectivity index (χ1n) is 23.3. The Balaban J connectivity index is 0. The molecular weight excluding hydrogens is 759 g/mol. The molecule has 346 valence electrons. The Kier molecular flexibility index (Phi) is 45.1. The molecule has 0 saturated carbocycles. The Labute approximate surface area is 355 Å². The van der Waals surface area contributed by atoms with Crippen LogP contribution in [0.5, 0.6) is 0 Å². The second-order valence-corrected chi connectivity index (χ2v) is 17.1. The van der Waals surface area contributed by atoms with Crippen molar-refractivity contribution in [2.75, 3.05) is 39.5 Å². The monoisotopic (exact) mass is 851 g/mol. The molecule has 12 nitrogen and oxygen atoms in total. The van der Waals surface area contributed by atoms with Crippen LogP contribution in [0.2, 0.25) is 0 Å². The van der Waals surface area contributed by atoms with E-state index in [0.717, 1.165) is 32.1 Å². The number of amides is 1. The number of esters is 2. The smallest absolute Gasteiger partial charge is 0.462 e. The standard InChI is InChI=1S/C44H87N2O10P.CH4/c1-3-5-7-9-11-13-15-17-19-21-23-25-27-29-31-33-42(47)53-39-41(40-55-57(50,51)54-38-36-46-44(49)52-37-35-45)56-43(48)34-32-30-28-26-24-22-20-18-16-14-12-10-8-6-4-2;/h41H,3-40,45H2,1-2H3,(H,46,49)(H,50,51);1H4/t41-;/m1./s1. The number of phosphoric ester groups is 1. The molecule has 0 aliphatic heterocycles. The van der Waals surface area contributed by atoms with Crippen LogP contribution in [0, 0.1) is 0 Å². The molecule has 0 aromatic rings. The Morgan fingerprint density at radius 2 is 0.914 bits per heavy atom. The SMILES string of the molecule is C.CCCCCCCCCCCCCCCCCC(=O)OC[C@H](COP(=O)(O)OCCNC(=O)OCCN)OC(=O)CCCCCCCCCCCCCCCCC. The number of phosphoric acid groups is 1. The lowest BCUT2D eigenvalue weighted by molar-refractivity contribution is -0.161. The fourth-order valence-electron chi connectivity index (χ4n) is 6.63. The van der Waals surface area contributed by atoms with Crippen LogP contribution in [-0.4, -0.2) is 68.5 Å². The minimum atomic E-state index is -4.56. The highest BCUT2D eigenvalue weighted by Crippen LogP contribution is 2.43. The third-order valence-corrected chi connectivity index (χ3v) is 11.1. The van der Waals surface area contributed by atoms with E-state index in [4.69, 9.17) is 29.0 Å². The van der Waals surface area contributed by atoms with Gasteiger partial charge >= 0.3 is 25.9 Å². The van der Waals surface area contributed by atoms with Crippen molar-refractivity contribution in [3.8, 4) is 0 Å². The Hall–Kier alpha value is -1.72. The van der Waals surface area contributed by atoms with Crippen molar-refractivity contribution in [2.45, 2.75) is 233 Å². The van der Waals surface area contributed by atoms with Crippen LogP contribution in [-0.2, 0) is 37.4 Å². The molecule has 0 bridgehead atoms. The Morgan fingerprint density at radius 1 is 0.534 bits per heavy atom. The highest BCUT2D eigenvalue weighted by molar-refractivity contribution is 7.47. The van der Waals surface area contributed by atoms with E-state index in [1.165, 1.54) is 148 Å². The van der Waals surface area contributed by atoms with Gasteiger partial charge < -0.3 is 30.2 Å². The van der Waals surface area contributed by atoms with Gasteiger partial charge in [0.05, 0.1) is 13.2 Å². The van der Waals surface area contributed by atoms with Crippen LogP contribution in [0.15, 0.2) is 0 Å². The third-order valence-electron chi connectivity index (χ3n) is 10.1. The number of nitrogens with one attached hydrogen (secondary N) is 1. The summed E-state index contributed by atoms with van der Waals surface area (Å²) in [5.74, 6) is -0.894. The molecule has 0 rings (SSSR count). The summed E-state index contributed by atoms with van der Waals surface area (Å²) in [7, 11) is -4.56. The van der Waals surface area contributed by atoms with Crippen LogP contribution in [0.1, 0.15) is 227 Å². The van der Waals surface area contributed by atoms with Crippen LogP contribution < -0.4 is 11.1 Å². The third kappa shape index (κ3) is 43.8. The van der Waals surface area contributed by atoms with Gasteiger partial charge in [0.15, 0.2) is 6.10 Å². The highest BCUT2D eigenvalue weighted by Gasteiger charge is 2.26. The zero-order valence-corrected chi connectivity index (χ0v) is 37.5. The molecule has 0 aromatic heterocycles. The van der Waals surface area contributed by atoms with Crippen LogP contribution in [0.25, 0.3) is 0 Å². The molecule has 4 N–H and O–H groups in total. The molecule has 1 unspecified atom stereocenters. The number of unbranched alkanes of at least 4 members (excludes halogenated alkanes) is 28. The molecule has 13 heteroatoms. The number of hydrogen-bond acceptors (Lipinski definition) is 10. The number of ether oxygens (including phenoxy) is 3. The average molecular weight is 851 g/mol. The second-order valence-electron chi connectivity index (χ2n) is 15.6. The molecule has 0 saturated heterocycles. The van der Waals surface area contributed by atoms with E-state index < -0.39 is 38.6 Å². The predicted molar refractivity (Wildman–Crippen MR) is 237 cm³/mol. The summed E-state index contributed by atoms with van der Waals surface area (Å²) in [6.45, 7) is 3.48. The fourth-order valence-corrected chi connectivity index (χ4v) is 7.38. The first kappa shape index (κ1) is 58.4. The van der Waals surface area contributed by atoms with Gasteiger partial charge in [-0.25, -0.2) is 9.36 Å². The topological polar surface area (TPSA) is 173 Å². The number of carbonyl (C=O) groups excluding carboxylic acids is 3. The van der Waals surface area contributed by atoms with Gasteiger partial charge in [-0.3, -0.25) is 18.6 Å². The molecule has 0 aliphatic carbocycles. The van der Waals surface area contributed by atoms with Crippen molar-refractivity contribution in [1.82, 2.24) is 5.32 Å². The van der Waals surface area contributed by atoms with Crippen molar-refractivity contribution < 1.29 is 47.1 Å². The lowest BCUT2D eigenvalue weighted by atomic mass is 10.0. The Bertz CT molecular complexity index is 974. The van der Waals surface area contributed by atoms with Gasteiger partial charge in [-0.2, -0.15) is 0 Å². The average Bonchev–Trinajstić information content (AvgIpc) is 3.19. The van der Waals surface area contributed by atoms with Crippen molar-refractivity contribution in [2.24, 2.45) is 5.73 Å². The molecule has 2 atom stereocenters. The molecule has 58 heavy (non-hydrogen) atoms. The summed E-state index contributed by atoms with van der Waals surface area (Å²) < 4.78 is 38.1. The van der Waals surface area contributed by atoms with Crippen molar-refractivity contribution in [1.29, 1.82) is 0 Å². The first-order chi connectivity index (χ1) is 27.7. The summed E-state index contributed by atoms with van der Waals surface area (Å²) >= 11 is 0. The summed E-state index contributed by atoms with van der Waals surface area (Å²) in [5, 5.41) is 2.36. The van der Waals surface area contributed by atoms with Crippen LogP contribution in [0.3, 0.4) is 0 Å². The summed E-state index contributed by atoms with van der Waals surface area (Å²) in [6.07, 6.45) is 35.5. The fraction of sp³-hybridized carbons (Fsp3) is 0.933. The number of alkyl carbamates (subject to hydrolysis) is 1. The van der Waals surface area contributed by atoms with E-state index in [-0.39, 0.29) is 53.2 Å². The van der Waals surface area contributed by atoms with Gasteiger partial charge in [0, 0.05) is 25.9 Å². The van der Waals surface area contributed by atoms with E-state index in [9.17, 15) is 23.8 Å². The van der Waals surface area contributed by atoms with Gasteiger partial charge in [-0.05, 0) is 12.8 Å². The minimum Gasteiger partial charge on any atom is -0.462 e. The molecule has 0 heterocycles. The molecular formula is C45H91N2O10P. The van der Waals surface area contributed by atoms with E-state index >= 15 is 0 Å². The van der Waals surface area contributed by atoms with Gasteiger partial charge in [-0.1, -0.05) is 201 Å². The van der Waals surface area contributed by atoms with Gasteiger partial charge in [0.25, 0.3) is 0 Å². The van der Waals surface area contributed by atoms with Crippen LogP contribution >= 0.6 is 7.82 Å². The number of hydrogen-bond donors (Lipinski definition) is 3. The van der Waals surface area contributed by atoms with Gasteiger partial charge in [0.1, 0.15) is 13.2 Å². The van der Waals surface area contributed by atoms with E-state index in [1.54, 1.807) is 0 Å². The predicted octanol–water partition coefficient (Wildman–Crippen LogP) is 12.4. The number of rotatable bonds is 44. The zero-order chi connectivity index (χ0) is 41.9. The largest absolute Gasteiger partial charge is 0.472 e. The summed E-state index contributed by atoms with van der Waals surface area (Å²) in [5.41, 5.74) is 5.28. The molecule has 0 aliphatic rings. The summed E-state index contributed by atoms with van der Waals surface area (Å²) in [4.78, 5) is 46.8. The molecule has 0 aromatic carbocycles. The van der Waals surface area contributed by atoms with E-state index in [1.807, 2.05) is 0 Å². The molecule has 0 fully saturated rings. The first-order valence-corrected chi connectivity index (χ1v) is 24.8. The molecule has 0 radical (unpaired) electrons. The maximum Gasteiger partial charge on any atom is 0.472 e. The van der Waals surface area contributed by atoms with Crippen LogP contribution in [0.4, 0.5) is 4.79 Å².